The van der Waals surface area contributed by atoms with Crippen molar-refractivity contribution in [1.82, 2.24) is 0 Å². The van der Waals surface area contributed by atoms with E-state index in [9.17, 15) is 49.7 Å². The van der Waals surface area contributed by atoms with Crippen LogP contribution >= 0.6 is 7.82 Å². The van der Waals surface area contributed by atoms with E-state index in [0.29, 0.717) is 12.8 Å². The van der Waals surface area contributed by atoms with Crippen molar-refractivity contribution in [3.05, 3.63) is 109 Å². The van der Waals surface area contributed by atoms with Crippen LogP contribution in [0.2, 0.25) is 0 Å². The van der Waals surface area contributed by atoms with Crippen LogP contribution in [0, 0.1) is 0 Å². The third-order valence-electron chi connectivity index (χ3n) is 9.70. The number of carbonyl (C=O) groups excluding carboxylic acids is 2. The highest BCUT2D eigenvalue weighted by Gasteiger charge is 2.51. The predicted octanol–water partition coefficient (Wildman–Crippen LogP) is 7.80. The topological polar surface area (TPSA) is 230 Å². The normalized spacial score (nSPS) is 23.1. The molecule has 1 fully saturated rings. The highest BCUT2D eigenvalue weighted by molar-refractivity contribution is 7.47. The number of aliphatic hydroxyl groups is 6. The van der Waals surface area contributed by atoms with Gasteiger partial charge in [-0.15, -0.1) is 0 Å². The van der Waals surface area contributed by atoms with Crippen molar-refractivity contribution >= 4 is 19.8 Å². The largest absolute Gasteiger partial charge is 0.472 e. The number of ether oxygens (including phenoxy) is 2. The van der Waals surface area contributed by atoms with Crippen LogP contribution in [0.4, 0.5) is 0 Å². The molecule has 1 saturated carbocycles. The summed E-state index contributed by atoms with van der Waals surface area (Å²) in [6.07, 6.45) is 34.5. The Bertz CT molecular complexity index is 1550. The van der Waals surface area contributed by atoms with Crippen molar-refractivity contribution in [2.45, 2.75) is 172 Å². The van der Waals surface area contributed by atoms with Crippen LogP contribution in [0.5, 0.6) is 0 Å². The van der Waals surface area contributed by atoms with Crippen LogP contribution in [-0.2, 0) is 32.7 Å². The lowest BCUT2D eigenvalue weighted by molar-refractivity contribution is -0.220. The second-order valence-corrected chi connectivity index (χ2v) is 16.8. The molecule has 4 unspecified atom stereocenters. The van der Waals surface area contributed by atoms with Gasteiger partial charge in [-0.3, -0.25) is 18.6 Å². The Balaban J connectivity index is 2.61. The zero-order chi connectivity index (χ0) is 47.3. The molecule has 14 nitrogen and oxygen atoms in total. The third kappa shape index (κ3) is 29.8. The molecule has 0 aromatic heterocycles. The zero-order valence-corrected chi connectivity index (χ0v) is 38.8. The molecule has 1 rings (SSSR count). The molecule has 15 heteroatoms. The van der Waals surface area contributed by atoms with Crippen LogP contribution in [0.3, 0.4) is 0 Å². The fourth-order valence-electron chi connectivity index (χ4n) is 6.01. The summed E-state index contributed by atoms with van der Waals surface area (Å²) in [6, 6.07) is 0. The van der Waals surface area contributed by atoms with Crippen molar-refractivity contribution in [3.8, 4) is 0 Å². The lowest BCUT2D eigenvalue weighted by atomic mass is 9.85. The molecule has 0 radical (unpaired) electrons. The van der Waals surface area contributed by atoms with E-state index in [1.54, 1.807) is 12.2 Å². The molecule has 1 aliphatic carbocycles. The first-order valence-corrected chi connectivity index (χ1v) is 24.3. The van der Waals surface area contributed by atoms with E-state index in [4.69, 9.17) is 18.5 Å². The monoisotopic (exact) mass is 921 g/mol. The molecule has 1 aliphatic rings. The van der Waals surface area contributed by atoms with E-state index in [1.165, 1.54) is 19.3 Å². The summed E-state index contributed by atoms with van der Waals surface area (Å²) in [5.74, 6) is -1.38. The Kier molecular flexibility index (Phi) is 34.4. The lowest BCUT2D eigenvalue weighted by Crippen LogP contribution is -2.64. The summed E-state index contributed by atoms with van der Waals surface area (Å²) in [5, 5.41) is 60.4. The van der Waals surface area contributed by atoms with E-state index >= 15 is 0 Å². The van der Waals surface area contributed by atoms with Gasteiger partial charge in [0.05, 0.1) is 12.7 Å². The Hall–Kier alpha value is -3.53. The minimum atomic E-state index is -5.19. The van der Waals surface area contributed by atoms with Gasteiger partial charge in [0.2, 0.25) is 0 Å². The number of hydrogen-bond acceptors (Lipinski definition) is 13. The summed E-state index contributed by atoms with van der Waals surface area (Å²) in [7, 11) is -5.19. The summed E-state index contributed by atoms with van der Waals surface area (Å²) < 4.78 is 33.3. The number of unbranched alkanes of at least 4 members (excludes halogenated alkanes) is 4. The first kappa shape index (κ1) is 58.5. The van der Waals surface area contributed by atoms with Crippen molar-refractivity contribution in [1.29, 1.82) is 0 Å². The molecule has 0 aromatic carbocycles. The smallest absolute Gasteiger partial charge is 0.462 e. The van der Waals surface area contributed by atoms with E-state index in [0.717, 1.165) is 51.4 Å². The van der Waals surface area contributed by atoms with Crippen molar-refractivity contribution < 1.29 is 68.2 Å². The highest BCUT2D eigenvalue weighted by atomic mass is 31.2. The molecule has 0 spiro atoms. The molecule has 7 N–H and O–H groups in total. The average Bonchev–Trinajstić information content (AvgIpc) is 3.27. The number of phosphoric ester groups is 1. The maximum atomic E-state index is 12.8. The minimum absolute atomic E-state index is 0.0271. The van der Waals surface area contributed by atoms with Gasteiger partial charge >= 0.3 is 19.8 Å². The summed E-state index contributed by atoms with van der Waals surface area (Å²) in [4.78, 5) is 35.7. The number of rotatable bonds is 35. The predicted molar refractivity (Wildman–Crippen MR) is 250 cm³/mol. The summed E-state index contributed by atoms with van der Waals surface area (Å²) in [5.41, 5.74) is 0. The molecule has 0 aromatic rings. The lowest BCUT2D eigenvalue weighted by Gasteiger charge is -2.41. The number of allylic oxidation sites excluding steroid dienone is 17. The van der Waals surface area contributed by atoms with Crippen LogP contribution < -0.4 is 0 Å². The second kappa shape index (κ2) is 37.7. The van der Waals surface area contributed by atoms with Gasteiger partial charge in [0.1, 0.15) is 43.2 Å². The Labute approximate surface area is 381 Å². The second-order valence-electron chi connectivity index (χ2n) is 15.4. The maximum absolute atomic E-state index is 12.8. The Morgan fingerprint density at radius 1 is 0.578 bits per heavy atom. The first-order valence-electron chi connectivity index (χ1n) is 22.8. The van der Waals surface area contributed by atoms with Gasteiger partial charge in [-0.1, -0.05) is 136 Å². The van der Waals surface area contributed by atoms with Crippen LogP contribution in [-0.4, -0.2) is 110 Å². The quantitative estimate of drug-likeness (QED) is 0.0106. The number of carbonyl (C=O) groups is 2. The summed E-state index contributed by atoms with van der Waals surface area (Å²) >= 11 is 0. The SMILES string of the molecule is CC/C=C\C/C=C\C/C=C\C/C=C\C=C\C(O)CCCC(=O)OC[C@H](COP(=O)(O)OC1[C@H](O)[C@H](O)C(O)[C@H](O)[C@H]1O)OC(=O)CCC/C=C\C/C=C\C/C=C\C/C=C\CCCCC. The van der Waals surface area contributed by atoms with Crippen molar-refractivity contribution in [3.63, 3.8) is 0 Å². The Morgan fingerprint density at radius 3 is 1.61 bits per heavy atom. The van der Waals surface area contributed by atoms with Crippen LogP contribution in [0.25, 0.3) is 0 Å². The number of esters is 2. The van der Waals surface area contributed by atoms with E-state index < -0.39 is 81.8 Å². The standard InChI is InChI=1S/C49H77O14P/c1-3-5-7-9-11-13-15-17-18-19-20-22-24-26-28-30-32-36-43(52)62-41(39-61-64(58,59)63-49-47(56)45(54)44(53)46(55)48(49)57)38-60-42(51)37-33-35-40(50)34-31-29-27-25-23-21-16-14-12-10-8-6-4-2/h6,8,11-14,17-18,20-23,26-29,31,34,40-41,44-50,53-57H,3-5,7,9-10,15-16,19,24-25,30,32-33,35-39H2,1-2H3,(H,58,59)/b8-6-,13-11-,14-12-,18-17-,22-20-,23-21-,28-26-,29-27-,34-31+/t40?,41-,44?,45-,46+,47-,48-,49?/m1/s1. The molecular weight excluding hydrogens is 843 g/mol. The van der Waals surface area contributed by atoms with Gasteiger partial charge in [0.25, 0.3) is 0 Å². The maximum Gasteiger partial charge on any atom is 0.472 e. The van der Waals surface area contributed by atoms with E-state index in [1.807, 2.05) is 24.3 Å². The number of aliphatic hydroxyl groups excluding tert-OH is 6. The fraction of sp³-hybridized carbons (Fsp3) is 0.592. The van der Waals surface area contributed by atoms with E-state index in [-0.39, 0.29) is 25.7 Å². The third-order valence-corrected chi connectivity index (χ3v) is 10.7. The highest BCUT2D eigenvalue weighted by Crippen LogP contribution is 2.47. The van der Waals surface area contributed by atoms with Gasteiger partial charge in [0.15, 0.2) is 6.10 Å². The van der Waals surface area contributed by atoms with Crippen molar-refractivity contribution in [2.75, 3.05) is 13.2 Å². The van der Waals surface area contributed by atoms with Gasteiger partial charge in [-0.25, -0.2) is 4.57 Å². The molecule has 362 valence electrons. The molecule has 64 heavy (non-hydrogen) atoms. The number of phosphoric acid groups is 1. The van der Waals surface area contributed by atoms with Crippen LogP contribution in [0.15, 0.2) is 109 Å². The van der Waals surface area contributed by atoms with Crippen molar-refractivity contribution in [2.24, 2.45) is 0 Å². The van der Waals surface area contributed by atoms with Crippen LogP contribution in [0.1, 0.15) is 123 Å². The summed E-state index contributed by atoms with van der Waals surface area (Å²) in [6.45, 7) is 2.92. The van der Waals surface area contributed by atoms with Gasteiger partial charge in [-0.05, 0) is 83.5 Å². The Morgan fingerprint density at radius 2 is 1.06 bits per heavy atom. The van der Waals surface area contributed by atoms with Gasteiger partial charge < -0.3 is 45.0 Å². The van der Waals surface area contributed by atoms with Gasteiger partial charge in [-0.2, -0.15) is 0 Å². The molecule has 0 amide bonds. The molecule has 0 saturated heterocycles. The molecule has 9 atom stereocenters. The van der Waals surface area contributed by atoms with E-state index in [2.05, 4.69) is 86.8 Å². The number of hydrogen-bond donors (Lipinski definition) is 7. The molecule has 0 aliphatic heterocycles. The zero-order valence-electron chi connectivity index (χ0n) is 37.9. The average molecular weight is 921 g/mol. The molecular formula is C49H77O14P. The van der Waals surface area contributed by atoms with Gasteiger partial charge in [0, 0.05) is 12.8 Å². The minimum Gasteiger partial charge on any atom is -0.462 e. The fourth-order valence-corrected chi connectivity index (χ4v) is 6.98. The molecule has 0 bridgehead atoms. The first-order chi connectivity index (χ1) is 30.8. The molecule has 0 heterocycles.